The van der Waals surface area contributed by atoms with E-state index >= 15 is 0 Å². The van der Waals surface area contributed by atoms with Gasteiger partial charge in [0.1, 0.15) is 11.5 Å². The number of hydrogen-bond acceptors (Lipinski definition) is 4. The van der Waals surface area contributed by atoms with Crippen LogP contribution in [0.1, 0.15) is 24.2 Å². The van der Waals surface area contributed by atoms with Crippen LogP contribution >= 0.6 is 12.2 Å². The van der Waals surface area contributed by atoms with E-state index in [4.69, 9.17) is 21.7 Å². The van der Waals surface area contributed by atoms with Crippen molar-refractivity contribution in [3.8, 4) is 11.5 Å². The maximum atomic E-state index is 12.3. The first-order valence-electron chi connectivity index (χ1n) is 7.70. The summed E-state index contributed by atoms with van der Waals surface area (Å²) >= 11 is 5.19. The highest BCUT2D eigenvalue weighted by Gasteiger charge is 2.09. The molecule has 0 saturated heterocycles. The van der Waals surface area contributed by atoms with Gasteiger partial charge in [0.05, 0.1) is 13.2 Å². The fourth-order valence-corrected chi connectivity index (χ4v) is 2.27. The Kier molecular flexibility index (Phi) is 6.57. The van der Waals surface area contributed by atoms with Gasteiger partial charge in [0.25, 0.3) is 5.91 Å². The zero-order chi connectivity index (χ0) is 17.4. The Balaban J connectivity index is 1.97. The van der Waals surface area contributed by atoms with Crippen LogP contribution in [0.5, 0.6) is 11.5 Å². The second kappa shape index (κ2) is 8.88. The number of benzene rings is 2. The number of amides is 1. The van der Waals surface area contributed by atoms with Crippen LogP contribution in [0, 0.1) is 0 Å². The van der Waals surface area contributed by atoms with Gasteiger partial charge in [0.15, 0.2) is 5.11 Å². The Morgan fingerprint density at radius 2 is 1.62 bits per heavy atom. The van der Waals surface area contributed by atoms with Crippen LogP contribution < -0.4 is 20.1 Å². The van der Waals surface area contributed by atoms with Crippen molar-refractivity contribution in [3.05, 3.63) is 54.1 Å². The summed E-state index contributed by atoms with van der Waals surface area (Å²) in [5.74, 6) is 1.09. The van der Waals surface area contributed by atoms with Crippen molar-refractivity contribution >= 4 is 28.9 Å². The highest BCUT2D eigenvalue weighted by atomic mass is 32.1. The predicted octanol–water partition coefficient (Wildman–Crippen LogP) is 3.61. The van der Waals surface area contributed by atoms with Gasteiger partial charge in [0, 0.05) is 17.3 Å². The molecule has 2 aromatic rings. The molecule has 0 saturated carbocycles. The molecule has 2 aromatic carbocycles. The number of thiocarbonyl (C=S) groups is 1. The fraction of sp³-hybridized carbons (Fsp3) is 0.222. The molecule has 2 rings (SSSR count). The molecule has 6 heteroatoms. The molecule has 0 spiro atoms. The van der Waals surface area contributed by atoms with E-state index in [2.05, 4.69) is 10.6 Å². The number of carbonyl (C=O) groups is 1. The van der Waals surface area contributed by atoms with Crippen LogP contribution in [0.15, 0.2) is 48.5 Å². The minimum absolute atomic E-state index is 0.218. The van der Waals surface area contributed by atoms with Crippen molar-refractivity contribution in [2.45, 2.75) is 13.8 Å². The van der Waals surface area contributed by atoms with Crippen molar-refractivity contribution in [2.24, 2.45) is 0 Å². The zero-order valence-electron chi connectivity index (χ0n) is 13.7. The van der Waals surface area contributed by atoms with E-state index in [-0.39, 0.29) is 11.0 Å². The normalized spacial score (nSPS) is 9.92. The topological polar surface area (TPSA) is 59.6 Å². The maximum absolute atomic E-state index is 12.3. The van der Waals surface area contributed by atoms with Gasteiger partial charge in [-0.05, 0) is 56.4 Å². The smallest absolute Gasteiger partial charge is 0.257 e. The third kappa shape index (κ3) is 5.24. The van der Waals surface area contributed by atoms with Crippen molar-refractivity contribution in [3.63, 3.8) is 0 Å². The van der Waals surface area contributed by atoms with Crippen LogP contribution in [-0.4, -0.2) is 24.2 Å². The van der Waals surface area contributed by atoms with Crippen molar-refractivity contribution < 1.29 is 14.3 Å². The third-order valence-electron chi connectivity index (χ3n) is 3.04. The Bertz CT molecular complexity index is 719. The summed E-state index contributed by atoms with van der Waals surface area (Å²) in [7, 11) is 0. The summed E-state index contributed by atoms with van der Waals surface area (Å²) < 4.78 is 10.8. The van der Waals surface area contributed by atoms with Crippen LogP contribution in [0.2, 0.25) is 0 Å². The molecule has 0 atom stereocenters. The van der Waals surface area contributed by atoms with E-state index in [1.807, 2.05) is 38.1 Å². The number of rotatable bonds is 6. The minimum atomic E-state index is -0.296. The van der Waals surface area contributed by atoms with Crippen molar-refractivity contribution in [1.29, 1.82) is 0 Å². The SMILES string of the molecule is CCOc1cccc(NC(=S)NC(=O)c2cccc(OCC)c2)c1. The fourth-order valence-electron chi connectivity index (χ4n) is 2.06. The number of anilines is 1. The van der Waals surface area contributed by atoms with E-state index in [0.717, 1.165) is 11.4 Å². The molecule has 0 aromatic heterocycles. The first kappa shape index (κ1) is 17.7. The van der Waals surface area contributed by atoms with E-state index in [0.29, 0.717) is 24.5 Å². The molecule has 0 radical (unpaired) electrons. The molecule has 0 unspecified atom stereocenters. The summed E-state index contributed by atoms with van der Waals surface area (Å²) in [5.41, 5.74) is 1.22. The molecular formula is C18H20N2O3S. The van der Waals surface area contributed by atoms with Gasteiger partial charge < -0.3 is 14.8 Å². The van der Waals surface area contributed by atoms with Crippen LogP contribution in [0.25, 0.3) is 0 Å². The van der Waals surface area contributed by atoms with Crippen molar-refractivity contribution in [2.75, 3.05) is 18.5 Å². The summed E-state index contributed by atoms with van der Waals surface area (Å²) in [6, 6.07) is 14.3. The molecule has 0 fully saturated rings. The second-order valence-corrected chi connectivity index (χ2v) is 5.24. The molecule has 126 valence electrons. The molecule has 5 nitrogen and oxygen atoms in total. The summed E-state index contributed by atoms with van der Waals surface area (Å²) in [5, 5.41) is 5.84. The van der Waals surface area contributed by atoms with Gasteiger partial charge >= 0.3 is 0 Å². The molecule has 0 aliphatic heterocycles. The lowest BCUT2D eigenvalue weighted by Gasteiger charge is -2.11. The Morgan fingerprint density at radius 3 is 2.29 bits per heavy atom. The van der Waals surface area contributed by atoms with Gasteiger partial charge in [-0.3, -0.25) is 10.1 Å². The Labute approximate surface area is 147 Å². The Hall–Kier alpha value is -2.60. The average Bonchev–Trinajstić information content (AvgIpc) is 2.56. The zero-order valence-corrected chi connectivity index (χ0v) is 14.5. The molecule has 0 aliphatic carbocycles. The predicted molar refractivity (Wildman–Crippen MR) is 98.9 cm³/mol. The second-order valence-electron chi connectivity index (χ2n) is 4.83. The number of ether oxygens (including phenoxy) is 2. The molecule has 0 heterocycles. The highest BCUT2D eigenvalue weighted by molar-refractivity contribution is 7.80. The number of nitrogens with one attached hydrogen (secondary N) is 2. The number of hydrogen-bond donors (Lipinski definition) is 2. The summed E-state index contributed by atoms with van der Waals surface area (Å²) in [6.45, 7) is 4.94. The van der Waals surface area contributed by atoms with Gasteiger partial charge in [-0.15, -0.1) is 0 Å². The quantitative estimate of drug-likeness (QED) is 0.784. The summed E-state index contributed by atoms with van der Waals surface area (Å²) in [4.78, 5) is 12.3. The first-order valence-corrected chi connectivity index (χ1v) is 8.11. The van der Waals surface area contributed by atoms with Gasteiger partial charge in [-0.2, -0.15) is 0 Å². The largest absolute Gasteiger partial charge is 0.494 e. The van der Waals surface area contributed by atoms with E-state index < -0.39 is 0 Å². The molecule has 0 bridgehead atoms. The third-order valence-corrected chi connectivity index (χ3v) is 3.24. The first-order chi connectivity index (χ1) is 11.6. The van der Waals surface area contributed by atoms with E-state index in [9.17, 15) is 4.79 Å². The molecular weight excluding hydrogens is 324 g/mol. The maximum Gasteiger partial charge on any atom is 0.257 e. The lowest BCUT2D eigenvalue weighted by Crippen LogP contribution is -2.34. The lowest BCUT2D eigenvalue weighted by molar-refractivity contribution is 0.0977. The molecule has 1 amide bonds. The number of carbonyl (C=O) groups excluding carboxylic acids is 1. The lowest BCUT2D eigenvalue weighted by atomic mass is 10.2. The molecule has 24 heavy (non-hydrogen) atoms. The van der Waals surface area contributed by atoms with Crippen LogP contribution in [-0.2, 0) is 0 Å². The minimum Gasteiger partial charge on any atom is -0.494 e. The highest BCUT2D eigenvalue weighted by Crippen LogP contribution is 2.17. The van der Waals surface area contributed by atoms with Crippen LogP contribution in [0.3, 0.4) is 0 Å². The van der Waals surface area contributed by atoms with E-state index in [1.165, 1.54) is 0 Å². The molecule has 0 aliphatic rings. The van der Waals surface area contributed by atoms with Crippen LogP contribution in [0.4, 0.5) is 5.69 Å². The molecule has 2 N–H and O–H groups in total. The summed E-state index contributed by atoms with van der Waals surface area (Å²) in [6.07, 6.45) is 0. The van der Waals surface area contributed by atoms with E-state index in [1.54, 1.807) is 24.3 Å². The van der Waals surface area contributed by atoms with Gasteiger partial charge in [0.2, 0.25) is 0 Å². The monoisotopic (exact) mass is 344 g/mol. The Morgan fingerprint density at radius 1 is 1.00 bits per heavy atom. The van der Waals surface area contributed by atoms with Gasteiger partial charge in [-0.25, -0.2) is 0 Å². The van der Waals surface area contributed by atoms with Gasteiger partial charge in [-0.1, -0.05) is 12.1 Å². The standard InChI is InChI=1S/C18H20N2O3S/c1-3-22-15-9-5-7-13(11-15)17(21)20-18(24)19-14-8-6-10-16(12-14)23-4-2/h5-12H,3-4H2,1-2H3,(H2,19,20,21,24). The average molecular weight is 344 g/mol. The van der Waals surface area contributed by atoms with Crippen molar-refractivity contribution in [1.82, 2.24) is 5.32 Å².